The van der Waals surface area contributed by atoms with Crippen LogP contribution in [-0.4, -0.2) is 73.0 Å². The average molecular weight is 465 g/mol. The number of carbonyl (C=O) groups excluding carboxylic acids is 1. The molecular formula is C25H32N6O3. The van der Waals surface area contributed by atoms with Crippen LogP contribution in [0.15, 0.2) is 29.5 Å². The molecule has 9 nitrogen and oxygen atoms in total. The second kappa shape index (κ2) is 7.96. The molecule has 180 valence electrons. The molecule has 0 radical (unpaired) electrons. The number of aromatic nitrogens is 4. The standard InChI is InChI=1S/C25H32N6O3/c1-15-11-25(24(33)31(15)21-14-34-23(32)16(21)2)8-6-19(7-9-25)29(3)12-17-4-5-20-18(10-17)13-30-22(20)26-27-28-30/h4-5,10,15,19,23,32H,6-9,11-14H2,1-3H3/t15-,19-,23?,25-/m0/s1. The van der Waals surface area contributed by atoms with Crippen LogP contribution in [0.2, 0.25) is 0 Å². The SMILES string of the molecule is CC1=C(N2C(=O)[C@]3(CC[C@H](N(C)Cc4ccc5c(c4)Cn4nnnc4-5)CC3)C[C@@H]2C)COC1O. The molecule has 9 heteroatoms. The van der Waals surface area contributed by atoms with Crippen molar-refractivity contribution in [3.05, 3.63) is 40.6 Å². The van der Waals surface area contributed by atoms with E-state index in [9.17, 15) is 9.90 Å². The molecule has 34 heavy (non-hydrogen) atoms. The highest BCUT2D eigenvalue weighted by molar-refractivity contribution is 5.87. The van der Waals surface area contributed by atoms with Gasteiger partial charge in [-0.1, -0.05) is 18.2 Å². The molecule has 1 unspecified atom stereocenters. The first kappa shape index (κ1) is 21.9. The van der Waals surface area contributed by atoms with E-state index in [0.717, 1.165) is 67.9 Å². The van der Waals surface area contributed by atoms with Gasteiger partial charge in [-0.15, -0.1) is 5.10 Å². The van der Waals surface area contributed by atoms with Gasteiger partial charge >= 0.3 is 0 Å². The lowest BCUT2D eigenvalue weighted by molar-refractivity contribution is -0.137. The molecule has 1 saturated carbocycles. The van der Waals surface area contributed by atoms with Gasteiger partial charge in [-0.2, -0.15) is 0 Å². The Balaban J connectivity index is 1.10. The summed E-state index contributed by atoms with van der Waals surface area (Å²) < 4.78 is 7.22. The van der Waals surface area contributed by atoms with Crippen LogP contribution < -0.4 is 0 Å². The molecule has 4 heterocycles. The van der Waals surface area contributed by atoms with Crippen LogP contribution in [0, 0.1) is 5.41 Å². The maximum atomic E-state index is 13.6. The Labute approximate surface area is 199 Å². The number of benzene rings is 1. The summed E-state index contributed by atoms with van der Waals surface area (Å²) in [6.45, 7) is 5.93. The van der Waals surface area contributed by atoms with Gasteiger partial charge in [0.2, 0.25) is 5.91 Å². The largest absolute Gasteiger partial charge is 0.364 e. The van der Waals surface area contributed by atoms with Crippen molar-refractivity contribution >= 4 is 5.91 Å². The number of aliphatic hydroxyl groups is 1. The molecule has 1 aliphatic carbocycles. The van der Waals surface area contributed by atoms with Gasteiger partial charge in [0.15, 0.2) is 12.1 Å². The van der Waals surface area contributed by atoms with E-state index in [1.54, 1.807) is 0 Å². The maximum Gasteiger partial charge on any atom is 0.233 e. The first-order valence-electron chi connectivity index (χ1n) is 12.3. The van der Waals surface area contributed by atoms with E-state index in [1.807, 2.05) is 16.5 Å². The van der Waals surface area contributed by atoms with Crippen LogP contribution in [0.1, 0.15) is 57.1 Å². The predicted molar refractivity (Wildman–Crippen MR) is 124 cm³/mol. The van der Waals surface area contributed by atoms with Crippen molar-refractivity contribution in [2.45, 2.75) is 77.4 Å². The second-order valence-electron chi connectivity index (χ2n) is 10.6. The number of amides is 1. The van der Waals surface area contributed by atoms with Gasteiger partial charge in [-0.05, 0) is 74.6 Å². The molecule has 2 atom stereocenters. The maximum absolute atomic E-state index is 13.6. The molecule has 1 aromatic carbocycles. The molecule has 1 aromatic heterocycles. The van der Waals surface area contributed by atoms with Gasteiger partial charge < -0.3 is 14.7 Å². The van der Waals surface area contributed by atoms with E-state index in [1.165, 1.54) is 11.1 Å². The van der Waals surface area contributed by atoms with E-state index in [0.29, 0.717) is 12.6 Å². The molecule has 1 amide bonds. The van der Waals surface area contributed by atoms with Gasteiger partial charge in [-0.25, -0.2) is 4.68 Å². The van der Waals surface area contributed by atoms with Crippen molar-refractivity contribution in [3.63, 3.8) is 0 Å². The molecule has 0 bridgehead atoms. The highest BCUT2D eigenvalue weighted by atomic mass is 16.6. The highest BCUT2D eigenvalue weighted by Gasteiger charge is 2.53. The Morgan fingerprint density at radius 3 is 2.82 bits per heavy atom. The Bertz CT molecular complexity index is 1170. The van der Waals surface area contributed by atoms with Gasteiger partial charge in [0.1, 0.15) is 0 Å². The number of tetrazole rings is 1. The van der Waals surface area contributed by atoms with Crippen LogP contribution in [0.4, 0.5) is 0 Å². The van der Waals surface area contributed by atoms with E-state index in [4.69, 9.17) is 4.74 Å². The molecular weight excluding hydrogens is 432 g/mol. The molecule has 1 spiro atoms. The summed E-state index contributed by atoms with van der Waals surface area (Å²) in [7, 11) is 2.20. The molecule has 6 rings (SSSR count). The number of ether oxygens (including phenoxy) is 1. The topological polar surface area (TPSA) is 96.6 Å². The summed E-state index contributed by atoms with van der Waals surface area (Å²) in [5.74, 6) is 1.08. The Kier molecular flexibility index (Phi) is 5.13. The molecule has 1 saturated heterocycles. The third-order valence-corrected chi connectivity index (χ3v) is 8.52. The number of fused-ring (bicyclic) bond motifs is 3. The number of aliphatic hydroxyl groups excluding tert-OH is 1. The van der Waals surface area contributed by atoms with E-state index in [2.05, 4.69) is 52.6 Å². The third-order valence-electron chi connectivity index (χ3n) is 8.52. The lowest BCUT2D eigenvalue weighted by Gasteiger charge is -2.39. The van der Waals surface area contributed by atoms with Crippen LogP contribution in [0.3, 0.4) is 0 Å². The Morgan fingerprint density at radius 2 is 2.09 bits per heavy atom. The average Bonchev–Trinajstić information content (AvgIpc) is 3.54. The summed E-state index contributed by atoms with van der Waals surface area (Å²) in [6, 6.07) is 7.19. The first-order chi connectivity index (χ1) is 16.4. The molecule has 4 aliphatic rings. The fourth-order valence-corrected chi connectivity index (χ4v) is 6.58. The first-order valence-corrected chi connectivity index (χ1v) is 12.3. The summed E-state index contributed by atoms with van der Waals surface area (Å²) >= 11 is 0. The number of rotatable bonds is 4. The monoisotopic (exact) mass is 464 g/mol. The van der Waals surface area contributed by atoms with Crippen molar-refractivity contribution < 1.29 is 14.6 Å². The summed E-state index contributed by atoms with van der Waals surface area (Å²) in [6.07, 6.45) is 3.89. The zero-order valence-corrected chi connectivity index (χ0v) is 20.1. The fourth-order valence-electron chi connectivity index (χ4n) is 6.58. The van der Waals surface area contributed by atoms with E-state index < -0.39 is 6.29 Å². The minimum Gasteiger partial charge on any atom is -0.364 e. The smallest absolute Gasteiger partial charge is 0.233 e. The Morgan fingerprint density at radius 1 is 1.29 bits per heavy atom. The zero-order valence-electron chi connectivity index (χ0n) is 20.1. The van der Waals surface area contributed by atoms with Crippen LogP contribution >= 0.6 is 0 Å². The minimum absolute atomic E-state index is 0.145. The normalized spacial score (nSPS) is 30.7. The van der Waals surface area contributed by atoms with Crippen molar-refractivity contribution in [1.82, 2.24) is 30.0 Å². The number of hydrogen-bond donors (Lipinski definition) is 1. The van der Waals surface area contributed by atoms with E-state index in [-0.39, 0.29) is 17.4 Å². The van der Waals surface area contributed by atoms with Crippen LogP contribution in [0.25, 0.3) is 11.4 Å². The second-order valence-corrected chi connectivity index (χ2v) is 10.6. The molecule has 1 N–H and O–H groups in total. The van der Waals surface area contributed by atoms with Crippen molar-refractivity contribution in [1.29, 1.82) is 0 Å². The molecule has 2 aromatic rings. The quantitative estimate of drug-likeness (QED) is 0.633. The van der Waals surface area contributed by atoms with Crippen LogP contribution in [0.5, 0.6) is 0 Å². The highest BCUT2D eigenvalue weighted by Crippen LogP contribution is 2.49. The number of hydrogen-bond acceptors (Lipinski definition) is 7. The van der Waals surface area contributed by atoms with E-state index >= 15 is 0 Å². The van der Waals surface area contributed by atoms with Crippen molar-refractivity contribution in [3.8, 4) is 11.4 Å². The predicted octanol–water partition coefficient (Wildman–Crippen LogP) is 2.31. The zero-order chi connectivity index (χ0) is 23.6. The number of nitrogens with zero attached hydrogens (tertiary/aromatic N) is 6. The van der Waals surface area contributed by atoms with Gasteiger partial charge in [0, 0.05) is 29.8 Å². The van der Waals surface area contributed by atoms with Crippen molar-refractivity contribution in [2.24, 2.45) is 5.41 Å². The van der Waals surface area contributed by atoms with Gasteiger partial charge in [0.05, 0.1) is 24.3 Å². The number of likely N-dealkylation sites (tertiary alicyclic amines) is 1. The van der Waals surface area contributed by atoms with Crippen molar-refractivity contribution in [2.75, 3.05) is 13.7 Å². The molecule has 2 fully saturated rings. The van der Waals surface area contributed by atoms with Gasteiger partial charge in [0.25, 0.3) is 0 Å². The molecule has 3 aliphatic heterocycles. The minimum atomic E-state index is -0.885. The fraction of sp³-hybridized carbons (Fsp3) is 0.600. The lowest BCUT2D eigenvalue weighted by Crippen LogP contribution is -2.42. The van der Waals surface area contributed by atoms with Crippen LogP contribution in [-0.2, 0) is 22.6 Å². The Hall–Kier alpha value is -2.62. The summed E-state index contributed by atoms with van der Waals surface area (Å²) in [5, 5.41) is 21.9. The number of carbonyl (C=O) groups is 1. The lowest BCUT2D eigenvalue weighted by atomic mass is 9.70. The van der Waals surface area contributed by atoms with Gasteiger partial charge in [-0.3, -0.25) is 9.69 Å². The summed E-state index contributed by atoms with van der Waals surface area (Å²) in [5.41, 5.74) is 5.04. The third kappa shape index (κ3) is 3.32. The summed E-state index contributed by atoms with van der Waals surface area (Å²) in [4.78, 5) is 18.0.